The maximum atomic E-state index is 12.1. The highest BCUT2D eigenvalue weighted by molar-refractivity contribution is 5.76. The molecule has 1 aliphatic heterocycles. The Morgan fingerprint density at radius 2 is 2.39 bits per heavy atom. The third-order valence-corrected chi connectivity index (χ3v) is 3.48. The van der Waals surface area contributed by atoms with Gasteiger partial charge in [-0.2, -0.15) is 0 Å². The minimum absolute atomic E-state index is 0.126. The number of aliphatic hydroxyl groups is 1. The lowest BCUT2D eigenvalue weighted by molar-refractivity contribution is -0.136. The van der Waals surface area contributed by atoms with Gasteiger partial charge in [0.15, 0.2) is 0 Å². The summed E-state index contributed by atoms with van der Waals surface area (Å²) in [5.41, 5.74) is 5.58. The number of hydrogen-bond donors (Lipinski definition) is 2. The summed E-state index contributed by atoms with van der Waals surface area (Å²) in [4.78, 5) is 14.0. The lowest BCUT2D eigenvalue weighted by atomic mass is 9.95. The van der Waals surface area contributed by atoms with Crippen LogP contribution in [-0.4, -0.2) is 54.9 Å². The largest absolute Gasteiger partial charge is 0.396 e. The van der Waals surface area contributed by atoms with Crippen molar-refractivity contribution in [2.75, 3.05) is 32.8 Å². The maximum absolute atomic E-state index is 12.1. The molecule has 0 radical (unpaired) electrons. The van der Waals surface area contributed by atoms with E-state index in [4.69, 9.17) is 15.6 Å². The van der Waals surface area contributed by atoms with Gasteiger partial charge in [-0.1, -0.05) is 0 Å². The number of hydrogen-bond acceptors (Lipinski definition) is 4. The van der Waals surface area contributed by atoms with E-state index in [2.05, 4.69) is 0 Å². The zero-order chi connectivity index (χ0) is 13.4. The molecular formula is C13H26N2O3. The van der Waals surface area contributed by atoms with Crippen LogP contribution in [0.4, 0.5) is 0 Å². The van der Waals surface area contributed by atoms with Crippen LogP contribution < -0.4 is 5.73 Å². The van der Waals surface area contributed by atoms with Gasteiger partial charge in [0.25, 0.3) is 0 Å². The fraction of sp³-hybridized carbons (Fsp3) is 0.923. The Bertz CT molecular complexity index is 246. The van der Waals surface area contributed by atoms with Gasteiger partial charge in [-0.05, 0) is 32.1 Å². The SMILES string of the molecule is CCOC(CN)CC(=O)N1CCCC(CCO)C1. The molecular weight excluding hydrogens is 232 g/mol. The molecule has 0 aromatic rings. The fourth-order valence-corrected chi connectivity index (χ4v) is 2.48. The third kappa shape index (κ3) is 4.92. The Morgan fingerprint density at radius 1 is 1.61 bits per heavy atom. The molecule has 1 aliphatic rings. The summed E-state index contributed by atoms with van der Waals surface area (Å²) in [6.07, 6.45) is 3.13. The predicted molar refractivity (Wildman–Crippen MR) is 70.1 cm³/mol. The van der Waals surface area contributed by atoms with Crippen LogP contribution in [0.25, 0.3) is 0 Å². The Balaban J connectivity index is 2.40. The summed E-state index contributed by atoms with van der Waals surface area (Å²) in [6, 6.07) is 0. The topological polar surface area (TPSA) is 75.8 Å². The summed E-state index contributed by atoms with van der Waals surface area (Å²) in [7, 11) is 0. The van der Waals surface area contributed by atoms with Crippen molar-refractivity contribution in [3.05, 3.63) is 0 Å². The molecule has 0 saturated carbocycles. The average Bonchev–Trinajstić information content (AvgIpc) is 2.39. The molecule has 5 nitrogen and oxygen atoms in total. The van der Waals surface area contributed by atoms with E-state index < -0.39 is 0 Å². The first-order valence-corrected chi connectivity index (χ1v) is 6.91. The highest BCUT2D eigenvalue weighted by Crippen LogP contribution is 2.20. The zero-order valence-electron chi connectivity index (χ0n) is 11.3. The van der Waals surface area contributed by atoms with Gasteiger partial charge < -0.3 is 20.5 Å². The Kier molecular flexibility index (Phi) is 7.23. The lowest BCUT2D eigenvalue weighted by Crippen LogP contribution is -2.42. The van der Waals surface area contributed by atoms with Crippen molar-refractivity contribution in [1.82, 2.24) is 4.90 Å². The summed E-state index contributed by atoms with van der Waals surface area (Å²) in [6.45, 7) is 4.67. The summed E-state index contributed by atoms with van der Waals surface area (Å²) >= 11 is 0. The van der Waals surface area contributed by atoms with Crippen molar-refractivity contribution in [3.63, 3.8) is 0 Å². The Hall–Kier alpha value is -0.650. The molecule has 1 saturated heterocycles. The van der Waals surface area contributed by atoms with Gasteiger partial charge in [-0.3, -0.25) is 4.79 Å². The lowest BCUT2D eigenvalue weighted by Gasteiger charge is -2.33. The van der Waals surface area contributed by atoms with Crippen molar-refractivity contribution < 1.29 is 14.6 Å². The van der Waals surface area contributed by atoms with Crippen molar-refractivity contribution in [2.45, 2.75) is 38.7 Å². The molecule has 2 unspecified atom stereocenters. The standard InChI is InChI=1S/C13H26N2O3/c1-2-18-12(9-14)8-13(17)15-6-3-4-11(10-15)5-7-16/h11-12,16H,2-10,14H2,1H3. The number of carbonyl (C=O) groups excluding carboxylic acids is 1. The Labute approximate surface area is 109 Å². The minimum Gasteiger partial charge on any atom is -0.396 e. The van der Waals surface area contributed by atoms with Crippen molar-refractivity contribution in [2.24, 2.45) is 11.7 Å². The van der Waals surface area contributed by atoms with E-state index >= 15 is 0 Å². The fourth-order valence-electron chi connectivity index (χ4n) is 2.48. The first-order valence-electron chi connectivity index (χ1n) is 6.91. The first-order chi connectivity index (χ1) is 8.71. The van der Waals surface area contributed by atoms with E-state index in [-0.39, 0.29) is 18.6 Å². The number of carbonyl (C=O) groups is 1. The van der Waals surface area contributed by atoms with E-state index in [9.17, 15) is 4.79 Å². The molecule has 18 heavy (non-hydrogen) atoms. The molecule has 0 aromatic carbocycles. The number of likely N-dealkylation sites (tertiary alicyclic amines) is 1. The van der Waals surface area contributed by atoms with Crippen LogP contribution in [0.5, 0.6) is 0 Å². The molecule has 1 amide bonds. The summed E-state index contributed by atoms with van der Waals surface area (Å²) in [5.74, 6) is 0.567. The average molecular weight is 258 g/mol. The van der Waals surface area contributed by atoms with Crippen LogP contribution in [0.15, 0.2) is 0 Å². The molecule has 3 N–H and O–H groups in total. The number of aliphatic hydroxyl groups excluding tert-OH is 1. The quantitative estimate of drug-likeness (QED) is 0.691. The molecule has 5 heteroatoms. The molecule has 1 rings (SSSR count). The van der Waals surface area contributed by atoms with Gasteiger partial charge >= 0.3 is 0 Å². The monoisotopic (exact) mass is 258 g/mol. The van der Waals surface area contributed by atoms with Crippen LogP contribution in [-0.2, 0) is 9.53 Å². The number of amides is 1. The second kappa shape index (κ2) is 8.45. The van der Waals surface area contributed by atoms with Gasteiger partial charge in [-0.25, -0.2) is 0 Å². The third-order valence-electron chi connectivity index (χ3n) is 3.48. The van der Waals surface area contributed by atoms with E-state index in [1.54, 1.807) is 0 Å². The van der Waals surface area contributed by atoms with Crippen molar-refractivity contribution in [1.29, 1.82) is 0 Å². The summed E-state index contributed by atoms with van der Waals surface area (Å²) < 4.78 is 5.41. The number of nitrogens with zero attached hydrogens (tertiary/aromatic N) is 1. The molecule has 0 aliphatic carbocycles. The second-order valence-corrected chi connectivity index (χ2v) is 4.88. The molecule has 0 spiro atoms. The van der Waals surface area contributed by atoms with E-state index in [0.717, 1.165) is 32.4 Å². The molecule has 106 valence electrons. The van der Waals surface area contributed by atoms with Gasteiger partial charge in [0.2, 0.25) is 5.91 Å². The molecule has 0 bridgehead atoms. The van der Waals surface area contributed by atoms with Crippen molar-refractivity contribution in [3.8, 4) is 0 Å². The van der Waals surface area contributed by atoms with Crippen molar-refractivity contribution >= 4 is 5.91 Å². The highest BCUT2D eigenvalue weighted by atomic mass is 16.5. The van der Waals surface area contributed by atoms with E-state index in [1.807, 2.05) is 11.8 Å². The van der Waals surface area contributed by atoms with Gasteiger partial charge in [0.1, 0.15) is 0 Å². The number of nitrogens with two attached hydrogens (primary N) is 1. The van der Waals surface area contributed by atoms with Crippen LogP contribution in [0.2, 0.25) is 0 Å². The smallest absolute Gasteiger partial charge is 0.225 e. The molecule has 0 aromatic heterocycles. The van der Waals surface area contributed by atoms with Gasteiger partial charge in [0.05, 0.1) is 12.5 Å². The van der Waals surface area contributed by atoms with E-state index in [1.165, 1.54) is 0 Å². The van der Waals surface area contributed by atoms with E-state index in [0.29, 0.717) is 25.5 Å². The van der Waals surface area contributed by atoms with Gasteiger partial charge in [-0.15, -0.1) is 0 Å². The first kappa shape index (κ1) is 15.4. The number of rotatable bonds is 7. The zero-order valence-corrected chi connectivity index (χ0v) is 11.3. The van der Waals surface area contributed by atoms with Crippen LogP contribution in [0, 0.1) is 5.92 Å². The second-order valence-electron chi connectivity index (χ2n) is 4.88. The van der Waals surface area contributed by atoms with Crippen LogP contribution in [0.1, 0.15) is 32.6 Å². The minimum atomic E-state index is -0.166. The predicted octanol–water partition coefficient (Wildman–Crippen LogP) is 0.361. The normalized spacial score (nSPS) is 21.9. The Morgan fingerprint density at radius 3 is 3.00 bits per heavy atom. The molecule has 2 atom stereocenters. The summed E-state index contributed by atoms with van der Waals surface area (Å²) in [5, 5.41) is 8.96. The van der Waals surface area contributed by atoms with Crippen LogP contribution >= 0.6 is 0 Å². The van der Waals surface area contributed by atoms with Gasteiger partial charge in [0, 0.05) is 32.8 Å². The maximum Gasteiger partial charge on any atom is 0.225 e. The number of piperidine rings is 1. The molecule has 1 heterocycles. The number of ether oxygens (including phenoxy) is 1. The molecule has 1 fully saturated rings. The highest BCUT2D eigenvalue weighted by Gasteiger charge is 2.24. The van der Waals surface area contributed by atoms with Crippen LogP contribution in [0.3, 0.4) is 0 Å².